The SMILES string of the molecule is Cc1nc(NCc2ccco2)cc(C(=O)N2CCc3ccccc3C2)n1. The maximum absolute atomic E-state index is 12.9. The average Bonchev–Trinajstić information content (AvgIpc) is 3.18. The highest BCUT2D eigenvalue weighted by Crippen LogP contribution is 2.20. The molecular formula is C20H20N4O2. The maximum atomic E-state index is 12.9. The summed E-state index contributed by atoms with van der Waals surface area (Å²) in [7, 11) is 0. The van der Waals surface area contributed by atoms with Crippen molar-refractivity contribution in [2.75, 3.05) is 11.9 Å². The lowest BCUT2D eigenvalue weighted by Crippen LogP contribution is -2.36. The van der Waals surface area contributed by atoms with E-state index in [-0.39, 0.29) is 5.91 Å². The first-order valence-corrected chi connectivity index (χ1v) is 8.67. The van der Waals surface area contributed by atoms with Crippen LogP contribution in [0.25, 0.3) is 0 Å². The Bertz CT molecular complexity index is 921. The molecule has 0 bridgehead atoms. The van der Waals surface area contributed by atoms with Gasteiger partial charge in [-0.1, -0.05) is 24.3 Å². The van der Waals surface area contributed by atoms with Crippen molar-refractivity contribution in [2.24, 2.45) is 0 Å². The Labute approximate surface area is 151 Å². The fraction of sp³-hybridized carbons (Fsp3) is 0.250. The van der Waals surface area contributed by atoms with Crippen LogP contribution in [0.3, 0.4) is 0 Å². The molecule has 3 heterocycles. The zero-order chi connectivity index (χ0) is 17.9. The molecule has 0 aliphatic carbocycles. The summed E-state index contributed by atoms with van der Waals surface area (Å²) < 4.78 is 5.31. The molecule has 0 saturated carbocycles. The third-order valence-corrected chi connectivity index (χ3v) is 4.50. The third kappa shape index (κ3) is 3.44. The van der Waals surface area contributed by atoms with Crippen molar-refractivity contribution >= 4 is 11.7 Å². The number of benzene rings is 1. The summed E-state index contributed by atoms with van der Waals surface area (Å²) in [6, 6.07) is 13.7. The van der Waals surface area contributed by atoms with Gasteiger partial charge >= 0.3 is 0 Å². The number of furan rings is 1. The van der Waals surface area contributed by atoms with Crippen LogP contribution >= 0.6 is 0 Å². The molecule has 0 saturated heterocycles. The monoisotopic (exact) mass is 348 g/mol. The number of hydrogen-bond donors (Lipinski definition) is 1. The van der Waals surface area contributed by atoms with Crippen molar-refractivity contribution in [1.82, 2.24) is 14.9 Å². The number of amides is 1. The van der Waals surface area contributed by atoms with Crippen molar-refractivity contribution in [3.8, 4) is 0 Å². The smallest absolute Gasteiger partial charge is 0.272 e. The largest absolute Gasteiger partial charge is 0.467 e. The summed E-state index contributed by atoms with van der Waals surface area (Å²) in [5, 5.41) is 3.19. The van der Waals surface area contributed by atoms with Crippen LogP contribution in [0.2, 0.25) is 0 Å². The first-order chi connectivity index (χ1) is 12.7. The molecule has 1 N–H and O–H groups in total. The summed E-state index contributed by atoms with van der Waals surface area (Å²) in [6.07, 6.45) is 2.50. The predicted molar refractivity (Wildman–Crippen MR) is 97.7 cm³/mol. The number of nitrogens with zero attached hydrogens (tertiary/aromatic N) is 3. The molecule has 1 aliphatic heterocycles. The molecule has 1 aliphatic rings. The molecule has 6 heteroatoms. The highest BCUT2D eigenvalue weighted by molar-refractivity contribution is 5.93. The zero-order valence-electron chi connectivity index (χ0n) is 14.6. The molecule has 0 unspecified atom stereocenters. The molecule has 1 amide bonds. The standard InChI is InChI=1S/C20H20N4O2/c1-14-22-18(11-19(23-14)21-12-17-7-4-10-26-17)20(25)24-9-8-15-5-2-3-6-16(15)13-24/h2-7,10-11H,8-9,12-13H2,1H3,(H,21,22,23). The Kier molecular flexibility index (Phi) is 4.39. The van der Waals surface area contributed by atoms with Crippen molar-refractivity contribution in [2.45, 2.75) is 26.4 Å². The topological polar surface area (TPSA) is 71.3 Å². The first kappa shape index (κ1) is 16.3. The van der Waals surface area contributed by atoms with Crippen molar-refractivity contribution in [3.63, 3.8) is 0 Å². The zero-order valence-corrected chi connectivity index (χ0v) is 14.6. The predicted octanol–water partition coefficient (Wildman–Crippen LogP) is 3.19. The second-order valence-electron chi connectivity index (χ2n) is 6.36. The van der Waals surface area contributed by atoms with E-state index < -0.39 is 0 Å². The van der Waals surface area contributed by atoms with Crippen molar-refractivity contribution in [3.05, 3.63) is 77.1 Å². The number of nitrogens with one attached hydrogen (secondary N) is 1. The van der Waals surface area contributed by atoms with Gasteiger partial charge in [-0.2, -0.15) is 0 Å². The van der Waals surface area contributed by atoms with E-state index >= 15 is 0 Å². The van der Waals surface area contributed by atoms with Crippen LogP contribution < -0.4 is 5.32 Å². The van der Waals surface area contributed by atoms with Gasteiger partial charge in [0.2, 0.25) is 0 Å². The number of fused-ring (bicyclic) bond motifs is 1. The van der Waals surface area contributed by atoms with Crippen LogP contribution in [0.5, 0.6) is 0 Å². The van der Waals surface area contributed by atoms with Gasteiger partial charge in [0, 0.05) is 19.2 Å². The summed E-state index contributed by atoms with van der Waals surface area (Å²) >= 11 is 0. The normalized spacial score (nSPS) is 13.3. The second-order valence-corrected chi connectivity index (χ2v) is 6.36. The van der Waals surface area contributed by atoms with E-state index in [1.165, 1.54) is 11.1 Å². The minimum atomic E-state index is -0.0638. The molecule has 0 fully saturated rings. The number of carbonyl (C=O) groups excluding carboxylic acids is 1. The van der Waals surface area contributed by atoms with Gasteiger partial charge in [0.1, 0.15) is 23.1 Å². The average molecular weight is 348 g/mol. The van der Waals surface area contributed by atoms with Gasteiger partial charge in [-0.05, 0) is 36.6 Å². The van der Waals surface area contributed by atoms with E-state index in [0.29, 0.717) is 37.0 Å². The quantitative estimate of drug-likeness (QED) is 0.784. The minimum Gasteiger partial charge on any atom is -0.467 e. The highest BCUT2D eigenvalue weighted by atomic mass is 16.3. The number of aryl methyl sites for hydroxylation is 1. The Hall–Kier alpha value is -3.15. The van der Waals surface area contributed by atoms with Crippen molar-refractivity contribution < 1.29 is 9.21 Å². The van der Waals surface area contributed by atoms with Gasteiger partial charge in [-0.25, -0.2) is 9.97 Å². The lowest BCUT2D eigenvalue weighted by molar-refractivity contribution is 0.0728. The first-order valence-electron chi connectivity index (χ1n) is 8.67. The highest BCUT2D eigenvalue weighted by Gasteiger charge is 2.23. The maximum Gasteiger partial charge on any atom is 0.272 e. The Morgan fingerprint density at radius 3 is 2.85 bits per heavy atom. The van der Waals surface area contributed by atoms with E-state index in [9.17, 15) is 4.79 Å². The molecule has 0 atom stereocenters. The van der Waals surface area contributed by atoms with Crippen molar-refractivity contribution in [1.29, 1.82) is 0 Å². The van der Waals surface area contributed by atoms with Crippen LogP contribution in [0, 0.1) is 6.92 Å². The minimum absolute atomic E-state index is 0.0638. The number of rotatable bonds is 4. The molecule has 6 nitrogen and oxygen atoms in total. The molecule has 26 heavy (non-hydrogen) atoms. The number of anilines is 1. The summed E-state index contributed by atoms with van der Waals surface area (Å²) in [4.78, 5) is 23.5. The lowest BCUT2D eigenvalue weighted by atomic mass is 10.00. The van der Waals surface area contributed by atoms with Gasteiger partial charge in [0.15, 0.2) is 0 Å². The Balaban J connectivity index is 1.51. The molecule has 4 rings (SSSR count). The van der Waals surface area contributed by atoms with Crippen LogP contribution in [-0.2, 0) is 19.5 Å². The Morgan fingerprint density at radius 1 is 1.19 bits per heavy atom. The molecular weight excluding hydrogens is 328 g/mol. The summed E-state index contributed by atoms with van der Waals surface area (Å²) in [5.41, 5.74) is 2.93. The van der Waals surface area contributed by atoms with E-state index in [2.05, 4.69) is 27.4 Å². The summed E-state index contributed by atoms with van der Waals surface area (Å²) in [6.45, 7) is 3.62. The van der Waals surface area contributed by atoms with Crippen LogP contribution in [0.15, 0.2) is 53.1 Å². The fourth-order valence-electron chi connectivity index (χ4n) is 3.19. The fourth-order valence-corrected chi connectivity index (χ4v) is 3.19. The third-order valence-electron chi connectivity index (χ3n) is 4.50. The van der Waals surface area contributed by atoms with Gasteiger partial charge in [0.25, 0.3) is 5.91 Å². The van der Waals surface area contributed by atoms with Crippen LogP contribution in [0.4, 0.5) is 5.82 Å². The van der Waals surface area contributed by atoms with Crippen LogP contribution in [-0.4, -0.2) is 27.3 Å². The molecule has 0 spiro atoms. The summed E-state index contributed by atoms with van der Waals surface area (Å²) in [5.74, 6) is 1.93. The van der Waals surface area contributed by atoms with E-state index in [4.69, 9.17) is 4.42 Å². The molecule has 0 radical (unpaired) electrons. The number of carbonyl (C=O) groups is 1. The van der Waals surface area contributed by atoms with Gasteiger partial charge < -0.3 is 14.6 Å². The van der Waals surface area contributed by atoms with E-state index in [1.54, 1.807) is 19.3 Å². The lowest BCUT2D eigenvalue weighted by Gasteiger charge is -2.28. The van der Waals surface area contributed by atoms with E-state index in [0.717, 1.165) is 12.2 Å². The molecule has 132 valence electrons. The molecule has 3 aromatic rings. The Morgan fingerprint density at radius 2 is 2.04 bits per heavy atom. The van der Waals surface area contributed by atoms with Gasteiger partial charge in [0.05, 0.1) is 12.8 Å². The molecule has 1 aromatic carbocycles. The number of aromatic nitrogens is 2. The van der Waals surface area contributed by atoms with E-state index in [1.807, 2.05) is 29.2 Å². The van der Waals surface area contributed by atoms with Gasteiger partial charge in [-0.15, -0.1) is 0 Å². The molecule has 2 aromatic heterocycles. The van der Waals surface area contributed by atoms with Gasteiger partial charge in [-0.3, -0.25) is 4.79 Å². The number of hydrogen-bond acceptors (Lipinski definition) is 5. The van der Waals surface area contributed by atoms with Crippen LogP contribution in [0.1, 0.15) is 33.2 Å². The second kappa shape index (κ2) is 7.00.